The zero-order chi connectivity index (χ0) is 22.6. The molecule has 0 fully saturated rings. The van der Waals surface area contributed by atoms with Gasteiger partial charge in [-0.3, -0.25) is 4.79 Å². The van der Waals surface area contributed by atoms with Gasteiger partial charge >= 0.3 is 0 Å². The molecule has 0 radical (unpaired) electrons. The summed E-state index contributed by atoms with van der Waals surface area (Å²) < 4.78 is 13.4. The second-order valence-corrected chi connectivity index (χ2v) is 8.65. The average Bonchev–Trinajstić information content (AvgIpc) is 2.74. The van der Waals surface area contributed by atoms with Crippen LogP contribution in [0.4, 0.5) is 0 Å². The summed E-state index contributed by atoms with van der Waals surface area (Å²) in [6, 6.07) is 5.48. The van der Waals surface area contributed by atoms with Crippen molar-refractivity contribution in [1.82, 2.24) is 4.57 Å². The molecule has 0 saturated carbocycles. The van der Waals surface area contributed by atoms with E-state index in [1.165, 1.54) is 32.1 Å². The highest BCUT2D eigenvalue weighted by Gasteiger charge is 2.19. The summed E-state index contributed by atoms with van der Waals surface area (Å²) in [6.07, 6.45) is 11.5. The Morgan fingerprint density at radius 3 is 2.10 bits per heavy atom. The van der Waals surface area contributed by atoms with Crippen LogP contribution in [0, 0.1) is 0 Å². The molecule has 0 atom stereocenters. The molecule has 0 aliphatic rings. The van der Waals surface area contributed by atoms with Crippen molar-refractivity contribution in [2.75, 3.05) is 13.2 Å². The van der Waals surface area contributed by atoms with Crippen molar-refractivity contribution in [3.05, 3.63) is 28.6 Å². The lowest BCUT2D eigenvalue weighted by Crippen LogP contribution is -2.24. The zero-order valence-electron chi connectivity index (χ0n) is 19.9. The Hall–Kier alpha value is -2.17. The Bertz CT molecular complexity index is 857. The first-order chi connectivity index (χ1) is 15.0. The number of aromatic nitrogens is 1. The second-order valence-electron chi connectivity index (χ2n) is 8.65. The predicted octanol–water partition coefficient (Wildman–Crippen LogP) is 6.99. The standard InChI is InChI=1S/C26H41NO4/c1-5-7-9-11-12-14-17-30-21-15-16-22-23(19-21)27(20(3)4)26(29)25(24(22)28)31-18-13-10-8-6-2/h15-16,19-20,28H,5-14,17-18H2,1-4H3. The van der Waals surface area contributed by atoms with E-state index in [4.69, 9.17) is 9.47 Å². The molecule has 31 heavy (non-hydrogen) atoms. The number of hydrogen-bond donors (Lipinski definition) is 1. The molecule has 0 saturated heterocycles. The summed E-state index contributed by atoms with van der Waals surface area (Å²) in [5.74, 6) is 0.704. The third-order valence-electron chi connectivity index (χ3n) is 5.64. The van der Waals surface area contributed by atoms with Gasteiger partial charge in [-0.15, -0.1) is 0 Å². The SMILES string of the molecule is CCCCCCCCOc1ccc2c(O)c(OCCCCCC)c(=O)n(C(C)C)c2c1. The Morgan fingerprint density at radius 2 is 1.45 bits per heavy atom. The highest BCUT2D eigenvalue weighted by molar-refractivity contribution is 5.88. The monoisotopic (exact) mass is 431 g/mol. The summed E-state index contributed by atoms with van der Waals surface area (Å²) in [6.45, 7) is 9.41. The molecule has 174 valence electrons. The van der Waals surface area contributed by atoms with Gasteiger partial charge in [0, 0.05) is 17.5 Å². The van der Waals surface area contributed by atoms with Crippen LogP contribution >= 0.6 is 0 Å². The number of aromatic hydroxyl groups is 1. The Morgan fingerprint density at radius 1 is 0.871 bits per heavy atom. The van der Waals surface area contributed by atoms with Crippen molar-refractivity contribution in [2.45, 2.75) is 97.9 Å². The summed E-state index contributed by atoms with van der Waals surface area (Å²) in [4.78, 5) is 13.1. The molecule has 5 heteroatoms. The number of fused-ring (bicyclic) bond motifs is 1. The number of hydrogen-bond acceptors (Lipinski definition) is 4. The minimum atomic E-state index is -0.288. The first kappa shape index (κ1) is 25.1. The van der Waals surface area contributed by atoms with E-state index in [9.17, 15) is 9.90 Å². The fraction of sp³-hybridized carbons (Fsp3) is 0.654. The molecule has 1 aromatic carbocycles. The van der Waals surface area contributed by atoms with E-state index in [1.54, 1.807) is 4.57 Å². The van der Waals surface area contributed by atoms with Gasteiger partial charge in [-0.2, -0.15) is 0 Å². The minimum absolute atomic E-state index is 0.0541. The van der Waals surface area contributed by atoms with E-state index < -0.39 is 0 Å². The van der Waals surface area contributed by atoms with Crippen LogP contribution in [0.3, 0.4) is 0 Å². The zero-order valence-corrected chi connectivity index (χ0v) is 19.9. The topological polar surface area (TPSA) is 60.7 Å². The molecule has 2 aromatic rings. The fourth-order valence-corrected chi connectivity index (χ4v) is 3.86. The van der Waals surface area contributed by atoms with Gasteiger partial charge in [0.05, 0.1) is 18.7 Å². The van der Waals surface area contributed by atoms with Gasteiger partial charge in [0.2, 0.25) is 5.75 Å². The molecule has 0 aliphatic carbocycles. The van der Waals surface area contributed by atoms with Gasteiger partial charge < -0.3 is 19.1 Å². The van der Waals surface area contributed by atoms with Crippen molar-refractivity contribution >= 4 is 10.9 Å². The van der Waals surface area contributed by atoms with Crippen LogP contribution in [-0.2, 0) is 0 Å². The molecule has 0 bridgehead atoms. The number of pyridine rings is 1. The quantitative estimate of drug-likeness (QED) is 0.309. The predicted molar refractivity (Wildman–Crippen MR) is 129 cm³/mol. The normalized spacial score (nSPS) is 11.4. The molecule has 5 nitrogen and oxygen atoms in total. The van der Waals surface area contributed by atoms with Crippen molar-refractivity contribution in [3.8, 4) is 17.2 Å². The highest BCUT2D eigenvalue weighted by atomic mass is 16.5. The fourth-order valence-electron chi connectivity index (χ4n) is 3.86. The van der Waals surface area contributed by atoms with Crippen LogP contribution in [0.15, 0.2) is 23.0 Å². The Labute approximate surface area is 187 Å². The molecule has 2 rings (SSSR count). The van der Waals surface area contributed by atoms with Crippen molar-refractivity contribution in [1.29, 1.82) is 0 Å². The summed E-state index contributed by atoms with van der Waals surface area (Å²) in [5.41, 5.74) is 0.389. The number of benzene rings is 1. The second kappa shape index (κ2) is 13.3. The molecule has 0 aliphatic heterocycles. The van der Waals surface area contributed by atoms with Crippen molar-refractivity contribution < 1.29 is 14.6 Å². The molecule has 0 unspecified atom stereocenters. The van der Waals surface area contributed by atoms with Crippen LogP contribution in [0.5, 0.6) is 17.2 Å². The van der Waals surface area contributed by atoms with Crippen LogP contribution < -0.4 is 15.0 Å². The maximum absolute atomic E-state index is 13.1. The lowest BCUT2D eigenvalue weighted by atomic mass is 10.1. The van der Waals surface area contributed by atoms with Gasteiger partial charge in [-0.1, -0.05) is 65.2 Å². The molecular weight excluding hydrogens is 390 g/mol. The van der Waals surface area contributed by atoms with E-state index in [1.807, 2.05) is 32.0 Å². The van der Waals surface area contributed by atoms with Gasteiger partial charge in [0.1, 0.15) is 5.75 Å². The van der Waals surface area contributed by atoms with E-state index >= 15 is 0 Å². The van der Waals surface area contributed by atoms with E-state index in [0.717, 1.165) is 37.9 Å². The van der Waals surface area contributed by atoms with E-state index in [2.05, 4.69) is 13.8 Å². The van der Waals surface area contributed by atoms with Gasteiger partial charge in [-0.05, 0) is 38.8 Å². The van der Waals surface area contributed by atoms with E-state index in [-0.39, 0.29) is 23.1 Å². The first-order valence-corrected chi connectivity index (χ1v) is 12.2. The molecule has 0 spiro atoms. The molecule has 1 aromatic heterocycles. The van der Waals surface area contributed by atoms with Crippen molar-refractivity contribution in [2.24, 2.45) is 0 Å². The smallest absolute Gasteiger partial charge is 0.297 e. The van der Waals surface area contributed by atoms with Gasteiger partial charge in [-0.25, -0.2) is 0 Å². The Balaban J connectivity index is 2.16. The van der Waals surface area contributed by atoms with E-state index in [0.29, 0.717) is 24.1 Å². The maximum atomic E-state index is 13.1. The molecule has 1 heterocycles. The van der Waals surface area contributed by atoms with Crippen LogP contribution in [0.1, 0.15) is 97.9 Å². The first-order valence-electron chi connectivity index (χ1n) is 12.2. The number of nitrogens with zero attached hydrogens (tertiary/aromatic N) is 1. The number of rotatable bonds is 15. The molecular formula is C26H41NO4. The van der Waals surface area contributed by atoms with Gasteiger partial charge in [0.15, 0.2) is 5.75 Å². The highest BCUT2D eigenvalue weighted by Crippen LogP contribution is 2.34. The Kier molecular flexibility index (Phi) is 10.8. The van der Waals surface area contributed by atoms with Crippen LogP contribution in [0.2, 0.25) is 0 Å². The van der Waals surface area contributed by atoms with Crippen LogP contribution in [0.25, 0.3) is 10.9 Å². The number of unbranched alkanes of at least 4 members (excludes halogenated alkanes) is 8. The molecule has 0 amide bonds. The summed E-state index contributed by atoms with van der Waals surface area (Å²) in [5, 5.41) is 11.4. The summed E-state index contributed by atoms with van der Waals surface area (Å²) >= 11 is 0. The lowest BCUT2D eigenvalue weighted by molar-refractivity contribution is 0.283. The molecule has 1 N–H and O–H groups in total. The number of ether oxygens (including phenoxy) is 2. The summed E-state index contributed by atoms with van der Waals surface area (Å²) in [7, 11) is 0. The average molecular weight is 432 g/mol. The lowest BCUT2D eigenvalue weighted by Gasteiger charge is -2.19. The largest absolute Gasteiger partial charge is 0.504 e. The maximum Gasteiger partial charge on any atom is 0.297 e. The van der Waals surface area contributed by atoms with Crippen LogP contribution in [-0.4, -0.2) is 22.9 Å². The third-order valence-corrected chi connectivity index (χ3v) is 5.64. The van der Waals surface area contributed by atoms with Crippen molar-refractivity contribution in [3.63, 3.8) is 0 Å². The third kappa shape index (κ3) is 7.19. The minimum Gasteiger partial charge on any atom is -0.504 e. The van der Waals surface area contributed by atoms with Gasteiger partial charge in [0.25, 0.3) is 5.56 Å².